The van der Waals surface area contributed by atoms with Crippen molar-refractivity contribution >= 4 is 11.8 Å². The second kappa shape index (κ2) is 8.36. The Bertz CT molecular complexity index is 609. The minimum atomic E-state index is -4.41. The molecule has 1 saturated heterocycles. The first-order valence-corrected chi connectivity index (χ1v) is 8.53. The van der Waals surface area contributed by atoms with E-state index >= 15 is 0 Å². The minimum Gasteiger partial charge on any atom is -0.356 e. The lowest BCUT2D eigenvalue weighted by Crippen LogP contribution is -2.43. The van der Waals surface area contributed by atoms with Gasteiger partial charge in [-0.25, -0.2) is 0 Å². The van der Waals surface area contributed by atoms with Crippen molar-refractivity contribution in [2.24, 2.45) is 5.92 Å². The summed E-state index contributed by atoms with van der Waals surface area (Å²) in [6.07, 6.45) is -2.42. The van der Waals surface area contributed by atoms with Crippen LogP contribution in [0.1, 0.15) is 37.3 Å². The second-order valence-corrected chi connectivity index (χ2v) is 6.32. The third-order valence-corrected chi connectivity index (χ3v) is 4.38. The average molecular weight is 356 g/mol. The Balaban J connectivity index is 1.88. The fourth-order valence-electron chi connectivity index (χ4n) is 2.93. The number of benzene rings is 1. The predicted molar refractivity (Wildman–Crippen MR) is 87.8 cm³/mol. The molecule has 1 N–H and O–H groups in total. The number of hydrogen-bond acceptors (Lipinski definition) is 2. The number of halogens is 3. The lowest BCUT2D eigenvalue weighted by atomic mass is 9.95. The molecule has 138 valence electrons. The topological polar surface area (TPSA) is 49.4 Å². The van der Waals surface area contributed by atoms with Gasteiger partial charge in [-0.1, -0.05) is 25.1 Å². The molecule has 1 aliphatic heterocycles. The summed E-state index contributed by atoms with van der Waals surface area (Å²) in [5.74, 6) is -0.275. The molecule has 2 rings (SSSR count). The fraction of sp³-hybridized carbons (Fsp3) is 0.556. The van der Waals surface area contributed by atoms with Gasteiger partial charge < -0.3 is 10.2 Å². The smallest absolute Gasteiger partial charge is 0.356 e. The van der Waals surface area contributed by atoms with E-state index in [0.29, 0.717) is 38.0 Å². The van der Waals surface area contributed by atoms with Gasteiger partial charge in [0.15, 0.2) is 0 Å². The van der Waals surface area contributed by atoms with E-state index in [1.54, 1.807) is 4.90 Å². The molecule has 7 heteroatoms. The van der Waals surface area contributed by atoms with Crippen LogP contribution in [0.3, 0.4) is 0 Å². The lowest BCUT2D eigenvalue weighted by molar-refractivity contribution is -0.138. The van der Waals surface area contributed by atoms with E-state index in [0.717, 1.165) is 18.6 Å². The van der Waals surface area contributed by atoms with Crippen LogP contribution in [0.5, 0.6) is 0 Å². The summed E-state index contributed by atoms with van der Waals surface area (Å²) < 4.78 is 38.2. The maximum atomic E-state index is 12.7. The van der Waals surface area contributed by atoms with E-state index in [4.69, 9.17) is 0 Å². The van der Waals surface area contributed by atoms with Crippen molar-refractivity contribution in [3.63, 3.8) is 0 Å². The molecule has 1 aromatic rings. The molecule has 0 spiro atoms. The van der Waals surface area contributed by atoms with E-state index in [2.05, 4.69) is 5.32 Å². The number of hydrogen-bond donors (Lipinski definition) is 1. The number of carbonyl (C=O) groups is 2. The monoisotopic (exact) mass is 356 g/mol. The van der Waals surface area contributed by atoms with E-state index < -0.39 is 11.7 Å². The van der Waals surface area contributed by atoms with Crippen molar-refractivity contribution in [1.29, 1.82) is 0 Å². The van der Waals surface area contributed by atoms with E-state index in [1.807, 2.05) is 6.92 Å². The van der Waals surface area contributed by atoms with Crippen molar-refractivity contribution in [2.45, 2.75) is 38.8 Å². The Hall–Kier alpha value is -2.05. The van der Waals surface area contributed by atoms with Crippen molar-refractivity contribution in [3.05, 3.63) is 35.4 Å². The fourth-order valence-corrected chi connectivity index (χ4v) is 2.93. The molecule has 0 atom stereocenters. The van der Waals surface area contributed by atoms with E-state index in [1.165, 1.54) is 12.1 Å². The molecule has 0 aliphatic carbocycles. The van der Waals surface area contributed by atoms with Crippen LogP contribution in [0.25, 0.3) is 0 Å². The molecule has 1 aliphatic rings. The lowest BCUT2D eigenvalue weighted by Gasteiger charge is -2.31. The number of piperidine rings is 1. The Morgan fingerprint density at radius 1 is 1.24 bits per heavy atom. The van der Waals surface area contributed by atoms with Crippen molar-refractivity contribution in [2.75, 3.05) is 19.6 Å². The van der Waals surface area contributed by atoms with Gasteiger partial charge in [-0.3, -0.25) is 9.59 Å². The van der Waals surface area contributed by atoms with E-state index in [9.17, 15) is 22.8 Å². The maximum Gasteiger partial charge on any atom is 0.416 e. The summed E-state index contributed by atoms with van der Waals surface area (Å²) in [6, 6.07) is 4.85. The molecular weight excluding hydrogens is 333 g/mol. The van der Waals surface area contributed by atoms with Gasteiger partial charge in [-0.2, -0.15) is 13.2 Å². The first-order chi connectivity index (χ1) is 11.8. The largest absolute Gasteiger partial charge is 0.416 e. The van der Waals surface area contributed by atoms with Crippen LogP contribution in [0.15, 0.2) is 24.3 Å². The zero-order valence-electron chi connectivity index (χ0n) is 14.2. The van der Waals surface area contributed by atoms with Crippen LogP contribution in [0.4, 0.5) is 13.2 Å². The number of carbonyl (C=O) groups excluding carboxylic acids is 2. The first-order valence-electron chi connectivity index (χ1n) is 8.53. The third-order valence-electron chi connectivity index (χ3n) is 4.38. The van der Waals surface area contributed by atoms with Crippen LogP contribution >= 0.6 is 0 Å². The van der Waals surface area contributed by atoms with Gasteiger partial charge in [0.25, 0.3) is 0 Å². The average Bonchev–Trinajstić information content (AvgIpc) is 2.59. The van der Waals surface area contributed by atoms with Gasteiger partial charge in [-0.15, -0.1) is 0 Å². The Kier molecular flexibility index (Phi) is 6.45. The molecule has 4 nitrogen and oxygen atoms in total. The van der Waals surface area contributed by atoms with Crippen LogP contribution in [0.2, 0.25) is 0 Å². The SMILES string of the molecule is CCCNC(=O)C1CCN(C(=O)Cc2cccc(C(F)(F)F)c2)CC1. The Morgan fingerprint density at radius 3 is 2.52 bits per heavy atom. The first kappa shape index (κ1) is 19.3. The van der Waals surface area contributed by atoms with Gasteiger partial charge in [0.1, 0.15) is 0 Å². The van der Waals surface area contributed by atoms with Gasteiger partial charge in [-0.05, 0) is 30.9 Å². The number of nitrogens with one attached hydrogen (secondary N) is 1. The highest BCUT2D eigenvalue weighted by Gasteiger charge is 2.31. The Labute approximate surface area is 145 Å². The number of rotatable bonds is 5. The predicted octanol–water partition coefficient (Wildman–Crippen LogP) is 3.01. The maximum absolute atomic E-state index is 12.7. The van der Waals surface area contributed by atoms with Gasteiger partial charge in [0.05, 0.1) is 12.0 Å². The normalized spacial score (nSPS) is 15.9. The summed E-state index contributed by atoms with van der Waals surface area (Å²) in [7, 11) is 0. The molecule has 1 aromatic carbocycles. The standard InChI is InChI=1S/C18H23F3N2O2/c1-2-8-22-17(25)14-6-9-23(10-7-14)16(24)12-13-4-3-5-15(11-13)18(19,20)21/h3-5,11,14H,2,6-10,12H2,1H3,(H,22,25). The molecule has 0 unspecified atom stereocenters. The Morgan fingerprint density at radius 2 is 1.92 bits per heavy atom. The van der Waals surface area contributed by atoms with E-state index in [-0.39, 0.29) is 24.2 Å². The molecule has 0 radical (unpaired) electrons. The van der Waals surface area contributed by atoms with Crippen LogP contribution in [0, 0.1) is 5.92 Å². The van der Waals surface area contributed by atoms with Crippen LogP contribution < -0.4 is 5.32 Å². The summed E-state index contributed by atoms with van der Waals surface area (Å²) in [4.78, 5) is 25.9. The number of likely N-dealkylation sites (tertiary alicyclic amines) is 1. The highest BCUT2D eigenvalue weighted by Crippen LogP contribution is 2.29. The van der Waals surface area contributed by atoms with Crippen LogP contribution in [-0.2, 0) is 22.2 Å². The van der Waals surface area contributed by atoms with Crippen LogP contribution in [-0.4, -0.2) is 36.3 Å². The van der Waals surface area contributed by atoms with Gasteiger partial charge in [0, 0.05) is 25.6 Å². The molecule has 1 heterocycles. The van der Waals surface area contributed by atoms with Crippen molar-refractivity contribution in [1.82, 2.24) is 10.2 Å². The summed E-state index contributed by atoms with van der Waals surface area (Å²) in [5.41, 5.74) is -0.397. The zero-order valence-corrected chi connectivity index (χ0v) is 14.2. The highest BCUT2D eigenvalue weighted by molar-refractivity contribution is 5.81. The quantitative estimate of drug-likeness (QED) is 0.882. The highest BCUT2D eigenvalue weighted by atomic mass is 19.4. The third kappa shape index (κ3) is 5.47. The molecule has 1 fully saturated rings. The molecular formula is C18H23F3N2O2. The summed E-state index contributed by atoms with van der Waals surface area (Å²) >= 11 is 0. The molecule has 0 saturated carbocycles. The molecule has 25 heavy (non-hydrogen) atoms. The zero-order chi connectivity index (χ0) is 18.4. The van der Waals surface area contributed by atoms with Gasteiger partial charge in [0.2, 0.25) is 11.8 Å². The summed E-state index contributed by atoms with van der Waals surface area (Å²) in [6.45, 7) is 3.55. The van der Waals surface area contributed by atoms with Crippen molar-refractivity contribution in [3.8, 4) is 0 Å². The summed E-state index contributed by atoms with van der Waals surface area (Å²) in [5, 5.41) is 2.86. The second-order valence-electron chi connectivity index (χ2n) is 6.32. The minimum absolute atomic E-state index is 0.0202. The molecule has 0 aromatic heterocycles. The van der Waals surface area contributed by atoms with Crippen molar-refractivity contribution < 1.29 is 22.8 Å². The number of nitrogens with zero attached hydrogens (tertiary/aromatic N) is 1. The molecule has 0 bridgehead atoms. The molecule has 2 amide bonds. The number of amides is 2. The van der Waals surface area contributed by atoms with Gasteiger partial charge >= 0.3 is 6.18 Å². The number of alkyl halides is 3.